The molecule has 0 fully saturated rings. The van der Waals surface area contributed by atoms with Crippen molar-refractivity contribution in [3.63, 3.8) is 0 Å². The van der Waals surface area contributed by atoms with Gasteiger partial charge in [0.25, 0.3) is 0 Å². The highest BCUT2D eigenvalue weighted by molar-refractivity contribution is 7.10. The van der Waals surface area contributed by atoms with Crippen LogP contribution in [-0.4, -0.2) is 0 Å². The monoisotopic (exact) mass is 165 g/mol. The van der Waals surface area contributed by atoms with Gasteiger partial charge in [0.15, 0.2) is 0 Å². The molecule has 0 aromatic carbocycles. The number of rotatable bonds is 1. The Morgan fingerprint density at radius 3 is 3.27 bits per heavy atom. The third-order valence-corrected chi connectivity index (χ3v) is 3.14. The number of allylic oxidation sites excluding steroid dienone is 1. The van der Waals surface area contributed by atoms with Crippen LogP contribution in [0.5, 0.6) is 0 Å². The summed E-state index contributed by atoms with van der Waals surface area (Å²) in [6.45, 7) is 0.677. The summed E-state index contributed by atoms with van der Waals surface area (Å²) in [5, 5.41) is 2.18. The zero-order valence-electron chi connectivity index (χ0n) is 6.34. The number of thiophene rings is 1. The molecule has 0 radical (unpaired) electrons. The Labute approximate surface area is 70.5 Å². The molecule has 1 aliphatic carbocycles. The van der Waals surface area contributed by atoms with E-state index in [1.165, 1.54) is 28.8 Å². The van der Waals surface area contributed by atoms with Gasteiger partial charge in [-0.25, -0.2) is 0 Å². The van der Waals surface area contributed by atoms with Gasteiger partial charge in [-0.05, 0) is 29.3 Å². The molecule has 1 heterocycles. The first-order valence-electron chi connectivity index (χ1n) is 3.87. The number of nitrogens with two attached hydrogens (primary N) is 1. The van der Waals surface area contributed by atoms with Crippen molar-refractivity contribution >= 4 is 17.4 Å². The molecule has 0 atom stereocenters. The van der Waals surface area contributed by atoms with Crippen LogP contribution in [0, 0.1) is 0 Å². The standard InChI is InChI=1S/C9H11NS/c10-5-7-6-11-9-4-2-1-3-8(7)9/h1,3,6H,2,4-5,10H2. The third kappa shape index (κ3) is 1.12. The molecule has 1 aliphatic rings. The average molecular weight is 165 g/mol. The molecule has 0 saturated heterocycles. The van der Waals surface area contributed by atoms with Gasteiger partial charge >= 0.3 is 0 Å². The highest BCUT2D eigenvalue weighted by atomic mass is 32.1. The normalized spacial score (nSPS) is 15.0. The van der Waals surface area contributed by atoms with Gasteiger partial charge < -0.3 is 5.73 Å². The first-order chi connectivity index (χ1) is 5.42. The Kier molecular flexibility index (Phi) is 1.80. The smallest absolute Gasteiger partial charge is 0.0192 e. The number of hydrogen-bond acceptors (Lipinski definition) is 2. The quantitative estimate of drug-likeness (QED) is 0.678. The molecular formula is C9H11NS. The summed E-state index contributed by atoms with van der Waals surface area (Å²) in [5.41, 5.74) is 8.29. The van der Waals surface area contributed by atoms with Crippen LogP contribution in [-0.2, 0) is 13.0 Å². The summed E-state index contributed by atoms with van der Waals surface area (Å²) < 4.78 is 0. The second-order valence-electron chi connectivity index (χ2n) is 2.74. The molecule has 0 amide bonds. The van der Waals surface area contributed by atoms with Gasteiger partial charge in [0.1, 0.15) is 0 Å². The number of fused-ring (bicyclic) bond motifs is 1. The zero-order valence-corrected chi connectivity index (χ0v) is 7.16. The Morgan fingerprint density at radius 2 is 2.45 bits per heavy atom. The maximum absolute atomic E-state index is 5.59. The molecule has 2 heteroatoms. The van der Waals surface area contributed by atoms with Crippen molar-refractivity contribution in [2.45, 2.75) is 19.4 Å². The van der Waals surface area contributed by atoms with Crippen LogP contribution < -0.4 is 5.73 Å². The Hall–Kier alpha value is -0.600. The first-order valence-corrected chi connectivity index (χ1v) is 4.75. The van der Waals surface area contributed by atoms with Crippen LogP contribution in [0.1, 0.15) is 22.4 Å². The van der Waals surface area contributed by atoms with E-state index in [2.05, 4.69) is 17.5 Å². The van der Waals surface area contributed by atoms with Gasteiger partial charge in [0.2, 0.25) is 0 Å². The van der Waals surface area contributed by atoms with E-state index in [-0.39, 0.29) is 0 Å². The lowest BCUT2D eigenvalue weighted by Gasteiger charge is -2.04. The summed E-state index contributed by atoms with van der Waals surface area (Å²) in [6, 6.07) is 0. The van der Waals surface area contributed by atoms with E-state index in [0.29, 0.717) is 6.54 Å². The van der Waals surface area contributed by atoms with Crippen molar-refractivity contribution in [3.05, 3.63) is 27.5 Å². The fourth-order valence-electron chi connectivity index (χ4n) is 1.42. The SMILES string of the molecule is NCc1csc2c1C=CCC2. The van der Waals surface area contributed by atoms with Gasteiger partial charge in [0, 0.05) is 11.4 Å². The maximum atomic E-state index is 5.59. The summed E-state index contributed by atoms with van der Waals surface area (Å²) >= 11 is 1.85. The Morgan fingerprint density at radius 1 is 1.55 bits per heavy atom. The molecule has 58 valence electrons. The van der Waals surface area contributed by atoms with Crippen molar-refractivity contribution in [1.82, 2.24) is 0 Å². The van der Waals surface area contributed by atoms with Crippen LogP contribution in [0.3, 0.4) is 0 Å². The largest absolute Gasteiger partial charge is 0.326 e. The predicted octanol–water partition coefficient (Wildman–Crippen LogP) is 2.17. The fourth-order valence-corrected chi connectivity index (χ4v) is 2.49. The molecule has 1 nitrogen and oxygen atoms in total. The van der Waals surface area contributed by atoms with Crippen LogP contribution in [0.2, 0.25) is 0 Å². The molecule has 2 rings (SSSR count). The predicted molar refractivity (Wildman–Crippen MR) is 49.6 cm³/mol. The van der Waals surface area contributed by atoms with Crippen molar-refractivity contribution in [2.24, 2.45) is 5.73 Å². The lowest BCUT2D eigenvalue weighted by molar-refractivity contribution is 0.997. The van der Waals surface area contributed by atoms with E-state index < -0.39 is 0 Å². The van der Waals surface area contributed by atoms with Gasteiger partial charge in [-0.2, -0.15) is 0 Å². The van der Waals surface area contributed by atoms with E-state index in [4.69, 9.17) is 5.73 Å². The van der Waals surface area contributed by atoms with Crippen molar-refractivity contribution < 1.29 is 0 Å². The van der Waals surface area contributed by atoms with Gasteiger partial charge in [-0.15, -0.1) is 11.3 Å². The first kappa shape index (κ1) is 7.07. The van der Waals surface area contributed by atoms with Crippen molar-refractivity contribution in [1.29, 1.82) is 0 Å². The highest BCUT2D eigenvalue weighted by Crippen LogP contribution is 2.28. The molecule has 0 saturated carbocycles. The Balaban J connectivity index is 2.48. The number of hydrogen-bond donors (Lipinski definition) is 1. The zero-order chi connectivity index (χ0) is 7.68. The molecule has 11 heavy (non-hydrogen) atoms. The van der Waals surface area contributed by atoms with E-state index in [0.717, 1.165) is 0 Å². The fraction of sp³-hybridized carbons (Fsp3) is 0.333. The molecule has 0 spiro atoms. The van der Waals surface area contributed by atoms with Crippen molar-refractivity contribution in [3.8, 4) is 0 Å². The van der Waals surface area contributed by atoms with E-state index >= 15 is 0 Å². The molecule has 1 aromatic rings. The minimum atomic E-state index is 0.677. The second-order valence-corrected chi connectivity index (χ2v) is 3.71. The van der Waals surface area contributed by atoms with Gasteiger partial charge in [-0.1, -0.05) is 12.2 Å². The van der Waals surface area contributed by atoms with Crippen molar-refractivity contribution in [2.75, 3.05) is 0 Å². The van der Waals surface area contributed by atoms with E-state index in [1.54, 1.807) is 0 Å². The molecule has 0 aliphatic heterocycles. The topological polar surface area (TPSA) is 26.0 Å². The van der Waals surface area contributed by atoms with E-state index in [1.807, 2.05) is 11.3 Å². The minimum Gasteiger partial charge on any atom is -0.326 e. The minimum absolute atomic E-state index is 0.677. The van der Waals surface area contributed by atoms with Crippen LogP contribution >= 0.6 is 11.3 Å². The van der Waals surface area contributed by atoms with E-state index in [9.17, 15) is 0 Å². The summed E-state index contributed by atoms with van der Waals surface area (Å²) in [7, 11) is 0. The van der Waals surface area contributed by atoms with Crippen LogP contribution in [0.15, 0.2) is 11.5 Å². The second kappa shape index (κ2) is 2.80. The number of aryl methyl sites for hydroxylation is 1. The lowest BCUT2D eigenvalue weighted by atomic mass is 10.0. The Bertz CT molecular complexity index is 286. The molecule has 0 bridgehead atoms. The summed E-state index contributed by atoms with van der Waals surface area (Å²) in [5.74, 6) is 0. The third-order valence-electron chi connectivity index (χ3n) is 2.03. The summed E-state index contributed by atoms with van der Waals surface area (Å²) in [6.07, 6.45) is 6.83. The van der Waals surface area contributed by atoms with Gasteiger partial charge in [0.05, 0.1) is 0 Å². The lowest BCUT2D eigenvalue weighted by Crippen LogP contribution is -1.98. The maximum Gasteiger partial charge on any atom is 0.0192 e. The van der Waals surface area contributed by atoms with Gasteiger partial charge in [-0.3, -0.25) is 0 Å². The molecule has 0 unspecified atom stereocenters. The highest BCUT2D eigenvalue weighted by Gasteiger charge is 2.09. The molecule has 2 N–H and O–H groups in total. The molecular weight excluding hydrogens is 154 g/mol. The summed E-state index contributed by atoms with van der Waals surface area (Å²) in [4.78, 5) is 1.51. The van der Waals surface area contributed by atoms with Crippen LogP contribution in [0.25, 0.3) is 6.08 Å². The molecule has 1 aromatic heterocycles. The average Bonchev–Trinajstić information content (AvgIpc) is 2.47. The van der Waals surface area contributed by atoms with Crippen LogP contribution in [0.4, 0.5) is 0 Å².